The van der Waals surface area contributed by atoms with Crippen LogP contribution in [0.2, 0.25) is 0 Å². The zero-order valence-electron chi connectivity index (χ0n) is 15.2. The lowest BCUT2D eigenvalue weighted by molar-refractivity contribution is 0.104. The van der Waals surface area contributed by atoms with Crippen LogP contribution in [0.4, 0.5) is 0 Å². The standard InChI is InChI=1S/C22H24O4/c1-4-13-26-19-10-8-18(9-11-19)22(23)12-7-17-14-20(24-5-2)16-21(15-17)25-6-3/h4,7-12,14-16H,1,5-6,13H2,2-3H3/b12-7+. The van der Waals surface area contributed by atoms with Gasteiger partial charge in [0.25, 0.3) is 0 Å². The molecule has 4 nitrogen and oxygen atoms in total. The largest absolute Gasteiger partial charge is 0.494 e. The minimum absolute atomic E-state index is 0.0833. The third-order valence-corrected chi connectivity index (χ3v) is 3.46. The summed E-state index contributed by atoms with van der Waals surface area (Å²) in [5, 5.41) is 0. The van der Waals surface area contributed by atoms with E-state index in [9.17, 15) is 4.79 Å². The molecule has 0 amide bonds. The van der Waals surface area contributed by atoms with Crippen molar-refractivity contribution < 1.29 is 19.0 Å². The Morgan fingerprint density at radius 1 is 0.923 bits per heavy atom. The van der Waals surface area contributed by atoms with Crippen molar-refractivity contribution >= 4 is 11.9 Å². The van der Waals surface area contributed by atoms with Crippen LogP contribution in [0.15, 0.2) is 61.2 Å². The molecule has 0 saturated heterocycles. The molecule has 26 heavy (non-hydrogen) atoms. The maximum atomic E-state index is 12.4. The monoisotopic (exact) mass is 352 g/mol. The predicted octanol–water partition coefficient (Wildman–Crippen LogP) is 4.94. The topological polar surface area (TPSA) is 44.8 Å². The summed E-state index contributed by atoms with van der Waals surface area (Å²) in [5.74, 6) is 2.06. The molecule has 2 aromatic carbocycles. The van der Waals surface area contributed by atoms with Crippen LogP contribution in [0.25, 0.3) is 6.08 Å². The van der Waals surface area contributed by atoms with E-state index >= 15 is 0 Å². The van der Waals surface area contributed by atoms with Crippen LogP contribution in [0.3, 0.4) is 0 Å². The van der Waals surface area contributed by atoms with Crippen LogP contribution in [0.5, 0.6) is 17.2 Å². The molecule has 0 N–H and O–H groups in total. The molecule has 2 aromatic rings. The number of carbonyl (C=O) groups excluding carboxylic acids is 1. The smallest absolute Gasteiger partial charge is 0.185 e. The molecule has 0 aliphatic heterocycles. The van der Waals surface area contributed by atoms with Gasteiger partial charge in [-0.15, -0.1) is 0 Å². The van der Waals surface area contributed by atoms with Crippen molar-refractivity contribution in [1.29, 1.82) is 0 Å². The molecule has 0 fully saturated rings. The van der Waals surface area contributed by atoms with E-state index in [0.717, 1.165) is 5.56 Å². The number of hydrogen-bond donors (Lipinski definition) is 0. The maximum absolute atomic E-state index is 12.4. The van der Waals surface area contributed by atoms with Crippen LogP contribution in [-0.2, 0) is 0 Å². The van der Waals surface area contributed by atoms with E-state index in [1.165, 1.54) is 0 Å². The second-order valence-electron chi connectivity index (χ2n) is 5.43. The summed E-state index contributed by atoms with van der Waals surface area (Å²) < 4.78 is 16.5. The van der Waals surface area contributed by atoms with Crippen molar-refractivity contribution in [3.63, 3.8) is 0 Å². The molecular weight excluding hydrogens is 328 g/mol. The van der Waals surface area contributed by atoms with Crippen molar-refractivity contribution in [1.82, 2.24) is 0 Å². The van der Waals surface area contributed by atoms with E-state index in [2.05, 4.69) is 6.58 Å². The molecule has 0 aromatic heterocycles. The van der Waals surface area contributed by atoms with Gasteiger partial charge in [-0.3, -0.25) is 4.79 Å². The maximum Gasteiger partial charge on any atom is 0.185 e. The first-order valence-electron chi connectivity index (χ1n) is 8.63. The number of ether oxygens (including phenoxy) is 3. The first-order chi connectivity index (χ1) is 12.7. The molecule has 136 valence electrons. The van der Waals surface area contributed by atoms with Gasteiger partial charge in [-0.2, -0.15) is 0 Å². The van der Waals surface area contributed by atoms with E-state index in [1.54, 1.807) is 42.5 Å². The highest BCUT2D eigenvalue weighted by atomic mass is 16.5. The Hall–Kier alpha value is -3.01. The van der Waals surface area contributed by atoms with E-state index in [4.69, 9.17) is 14.2 Å². The third-order valence-electron chi connectivity index (χ3n) is 3.46. The number of rotatable bonds is 10. The molecule has 0 atom stereocenters. The number of ketones is 1. The summed E-state index contributed by atoms with van der Waals surface area (Å²) in [7, 11) is 0. The van der Waals surface area contributed by atoms with Crippen LogP contribution in [0.1, 0.15) is 29.8 Å². The van der Waals surface area contributed by atoms with Crippen LogP contribution in [0, 0.1) is 0 Å². The second kappa shape index (κ2) is 10.1. The fourth-order valence-corrected chi connectivity index (χ4v) is 2.33. The van der Waals surface area contributed by atoms with E-state index < -0.39 is 0 Å². The third kappa shape index (κ3) is 5.81. The molecule has 0 aliphatic carbocycles. The summed E-state index contributed by atoms with van der Waals surface area (Å²) in [5.41, 5.74) is 1.44. The first kappa shape index (κ1) is 19.3. The summed E-state index contributed by atoms with van der Waals surface area (Å²) >= 11 is 0. The summed E-state index contributed by atoms with van der Waals surface area (Å²) in [4.78, 5) is 12.4. The average molecular weight is 352 g/mol. The normalized spacial score (nSPS) is 10.5. The predicted molar refractivity (Wildman–Crippen MR) is 104 cm³/mol. The summed E-state index contributed by atoms with van der Waals surface area (Å²) in [6.07, 6.45) is 4.98. The van der Waals surface area contributed by atoms with Gasteiger partial charge in [-0.1, -0.05) is 18.7 Å². The Morgan fingerprint density at radius 2 is 1.54 bits per heavy atom. The molecule has 0 unspecified atom stereocenters. The lowest BCUT2D eigenvalue weighted by Gasteiger charge is -2.09. The van der Waals surface area contributed by atoms with Crippen molar-refractivity contribution in [2.75, 3.05) is 19.8 Å². The van der Waals surface area contributed by atoms with Gasteiger partial charge in [0.05, 0.1) is 13.2 Å². The molecule has 0 aliphatic rings. The second-order valence-corrected chi connectivity index (χ2v) is 5.43. The quantitative estimate of drug-likeness (QED) is 0.345. The van der Waals surface area contributed by atoms with Crippen LogP contribution < -0.4 is 14.2 Å². The number of carbonyl (C=O) groups is 1. The molecule has 0 bridgehead atoms. The SMILES string of the molecule is C=CCOc1ccc(C(=O)/C=C/c2cc(OCC)cc(OCC)c2)cc1. The van der Waals surface area contributed by atoms with Gasteiger partial charge in [0.2, 0.25) is 0 Å². The molecular formula is C22H24O4. The molecule has 0 spiro atoms. The Kier molecular flexibility index (Phi) is 7.49. The van der Waals surface area contributed by atoms with E-state index in [0.29, 0.717) is 42.6 Å². The zero-order chi connectivity index (χ0) is 18.8. The highest BCUT2D eigenvalue weighted by Crippen LogP contribution is 2.24. The van der Waals surface area contributed by atoms with Gasteiger partial charge in [-0.25, -0.2) is 0 Å². The summed E-state index contributed by atoms with van der Waals surface area (Å²) in [6.45, 7) is 9.03. The zero-order valence-corrected chi connectivity index (χ0v) is 15.2. The Labute approximate surface area is 154 Å². The lowest BCUT2D eigenvalue weighted by Crippen LogP contribution is -1.97. The highest BCUT2D eigenvalue weighted by Gasteiger charge is 2.04. The molecule has 0 radical (unpaired) electrons. The fraction of sp³-hybridized carbons (Fsp3) is 0.227. The van der Waals surface area contributed by atoms with Gasteiger partial charge in [0.1, 0.15) is 23.9 Å². The van der Waals surface area contributed by atoms with Crippen molar-refractivity contribution in [2.45, 2.75) is 13.8 Å². The van der Waals surface area contributed by atoms with Gasteiger partial charge in [0, 0.05) is 11.6 Å². The van der Waals surface area contributed by atoms with Gasteiger partial charge in [-0.05, 0) is 61.9 Å². The molecule has 4 heteroatoms. The number of allylic oxidation sites excluding steroid dienone is 1. The number of hydrogen-bond acceptors (Lipinski definition) is 4. The summed E-state index contributed by atoms with van der Waals surface area (Å²) in [6, 6.07) is 12.6. The fourth-order valence-electron chi connectivity index (χ4n) is 2.33. The van der Waals surface area contributed by atoms with Gasteiger partial charge in [0.15, 0.2) is 5.78 Å². The Balaban J connectivity index is 2.12. The van der Waals surface area contributed by atoms with Crippen LogP contribution in [-0.4, -0.2) is 25.6 Å². The van der Waals surface area contributed by atoms with Gasteiger partial charge >= 0.3 is 0 Å². The molecule has 0 saturated carbocycles. The first-order valence-corrected chi connectivity index (χ1v) is 8.63. The Morgan fingerprint density at radius 3 is 2.08 bits per heavy atom. The molecule has 0 heterocycles. The van der Waals surface area contributed by atoms with Crippen molar-refractivity contribution in [2.24, 2.45) is 0 Å². The van der Waals surface area contributed by atoms with E-state index in [1.807, 2.05) is 32.0 Å². The van der Waals surface area contributed by atoms with Crippen molar-refractivity contribution in [3.8, 4) is 17.2 Å². The highest BCUT2D eigenvalue weighted by molar-refractivity contribution is 6.06. The van der Waals surface area contributed by atoms with Crippen molar-refractivity contribution in [3.05, 3.63) is 72.3 Å². The van der Waals surface area contributed by atoms with Crippen LogP contribution >= 0.6 is 0 Å². The average Bonchev–Trinajstić information content (AvgIpc) is 2.65. The lowest BCUT2D eigenvalue weighted by atomic mass is 10.1. The number of benzene rings is 2. The molecule has 2 rings (SSSR count). The Bertz CT molecular complexity index is 736. The minimum Gasteiger partial charge on any atom is -0.494 e. The van der Waals surface area contributed by atoms with Gasteiger partial charge < -0.3 is 14.2 Å². The van der Waals surface area contributed by atoms with E-state index in [-0.39, 0.29) is 5.78 Å². The minimum atomic E-state index is -0.0833.